The summed E-state index contributed by atoms with van der Waals surface area (Å²) in [5.41, 5.74) is 7.00. The lowest BCUT2D eigenvalue weighted by molar-refractivity contribution is 0.257. The van der Waals surface area contributed by atoms with E-state index < -0.39 is 0 Å². The maximum Gasteiger partial charge on any atom is 0.326 e. The first-order valence-corrected chi connectivity index (χ1v) is 10.7. The van der Waals surface area contributed by atoms with Crippen LogP contribution in [-0.2, 0) is 13.0 Å². The molecule has 31 heavy (non-hydrogen) atoms. The molecule has 2 aromatic heterocycles. The summed E-state index contributed by atoms with van der Waals surface area (Å²) in [4.78, 5) is 23.2. The van der Waals surface area contributed by atoms with E-state index in [9.17, 15) is 4.79 Å². The van der Waals surface area contributed by atoms with E-state index in [0.29, 0.717) is 24.7 Å². The van der Waals surface area contributed by atoms with E-state index in [1.165, 1.54) is 16.7 Å². The Bertz CT molecular complexity index is 1050. The van der Waals surface area contributed by atoms with Gasteiger partial charge in [0.2, 0.25) is 5.88 Å². The van der Waals surface area contributed by atoms with Crippen LogP contribution >= 0.6 is 0 Å². The molecule has 1 aliphatic rings. The van der Waals surface area contributed by atoms with Crippen LogP contribution in [0.1, 0.15) is 41.8 Å². The predicted molar refractivity (Wildman–Crippen MR) is 125 cm³/mol. The molecule has 0 aliphatic carbocycles. The number of hydrogen-bond acceptors (Lipinski definition) is 4. The summed E-state index contributed by atoms with van der Waals surface area (Å²) in [5, 5.41) is 2.96. The predicted octanol–water partition coefficient (Wildman–Crippen LogP) is 5.60. The lowest BCUT2D eigenvalue weighted by Gasteiger charge is -2.19. The number of hydrogen-bond donors (Lipinski definition) is 1. The highest BCUT2D eigenvalue weighted by atomic mass is 16.5. The molecular weight excluding hydrogens is 388 g/mol. The summed E-state index contributed by atoms with van der Waals surface area (Å²) >= 11 is 0. The zero-order chi connectivity index (χ0) is 22.4. The van der Waals surface area contributed by atoms with E-state index in [-0.39, 0.29) is 6.03 Å². The molecule has 162 valence electrons. The van der Waals surface area contributed by atoms with Gasteiger partial charge in [-0.15, -0.1) is 0 Å². The van der Waals surface area contributed by atoms with Gasteiger partial charge in [-0.3, -0.25) is 9.88 Å². The normalized spacial score (nSPS) is 12.0. The Labute approximate surface area is 184 Å². The molecule has 6 nitrogen and oxygen atoms in total. The zero-order valence-corrected chi connectivity index (χ0v) is 18.9. The average molecular weight is 419 g/mol. The van der Waals surface area contributed by atoms with Crippen LogP contribution in [-0.4, -0.2) is 22.5 Å². The fourth-order valence-electron chi connectivity index (χ4n) is 3.47. The van der Waals surface area contributed by atoms with Crippen molar-refractivity contribution in [3.05, 3.63) is 76.7 Å². The number of aryl methyl sites for hydroxylation is 3. The van der Waals surface area contributed by atoms with Crippen LogP contribution in [0.25, 0.3) is 0 Å². The molecule has 2 amide bonds. The number of carbonyl (C=O) groups excluding carboxylic acids is 1. The third-order valence-electron chi connectivity index (χ3n) is 5.20. The van der Waals surface area contributed by atoms with Gasteiger partial charge < -0.3 is 10.1 Å². The molecule has 0 radical (unpaired) electrons. The summed E-state index contributed by atoms with van der Waals surface area (Å²) in [6.07, 6.45) is 4.23. The van der Waals surface area contributed by atoms with Crippen LogP contribution in [0.4, 0.5) is 16.2 Å². The summed E-state index contributed by atoms with van der Waals surface area (Å²) in [5.74, 6) is 0.534. The molecule has 3 heterocycles. The number of urea groups is 1. The van der Waals surface area contributed by atoms with Gasteiger partial charge in [0.05, 0.1) is 17.6 Å². The number of fused-ring (bicyclic) bond motifs is 1. The van der Waals surface area contributed by atoms with Crippen LogP contribution in [0.5, 0.6) is 5.88 Å². The van der Waals surface area contributed by atoms with Crippen LogP contribution in [0, 0.1) is 20.8 Å². The lowest BCUT2D eigenvalue weighted by Crippen LogP contribution is -2.33. The first-order chi connectivity index (χ1) is 15.0. The van der Waals surface area contributed by atoms with Crippen LogP contribution in [0.2, 0.25) is 0 Å². The minimum absolute atomic E-state index is 0.143. The summed E-state index contributed by atoms with van der Waals surface area (Å²) in [6, 6.07) is 11.7. The van der Waals surface area contributed by atoms with Crippen molar-refractivity contribution in [1.29, 1.82) is 0 Å². The molecule has 0 saturated heterocycles. The highest BCUT2D eigenvalue weighted by Gasteiger charge is 2.25. The van der Waals surface area contributed by atoms with Crippen molar-refractivity contribution in [2.24, 2.45) is 0 Å². The molecule has 6 heteroatoms. The van der Waals surface area contributed by atoms with Gasteiger partial charge >= 0.3 is 6.03 Å². The molecule has 0 spiro atoms. The second-order valence-electron chi connectivity index (χ2n) is 7.35. The van der Waals surface area contributed by atoms with Crippen molar-refractivity contribution >= 4 is 17.4 Å². The fourth-order valence-corrected chi connectivity index (χ4v) is 3.47. The first-order valence-electron chi connectivity index (χ1n) is 10.7. The number of aromatic nitrogens is 2. The number of nitrogens with one attached hydrogen (secondary N) is 1. The van der Waals surface area contributed by atoms with Crippen molar-refractivity contribution < 1.29 is 9.53 Å². The number of carbonyl (C=O) groups is 1. The fraction of sp³-hybridized carbons (Fsp3) is 0.320. The molecule has 4 rings (SSSR count). The molecule has 1 aromatic carbocycles. The number of anilines is 2. The molecule has 3 aromatic rings. The minimum atomic E-state index is -0.143. The Morgan fingerprint density at radius 2 is 1.84 bits per heavy atom. The van der Waals surface area contributed by atoms with E-state index in [0.717, 1.165) is 23.4 Å². The Hall–Kier alpha value is -3.41. The Kier molecular flexibility index (Phi) is 7.23. The highest BCUT2D eigenvalue weighted by molar-refractivity contribution is 6.03. The lowest BCUT2D eigenvalue weighted by atomic mass is 10.0. The number of nitrogens with zero attached hydrogens (tertiary/aromatic N) is 3. The number of amides is 2. The van der Waals surface area contributed by atoms with Crippen LogP contribution in [0.15, 0.2) is 48.8 Å². The van der Waals surface area contributed by atoms with E-state index in [4.69, 9.17) is 4.74 Å². The van der Waals surface area contributed by atoms with E-state index in [2.05, 4.69) is 41.3 Å². The van der Waals surface area contributed by atoms with Crippen molar-refractivity contribution in [3.63, 3.8) is 0 Å². The van der Waals surface area contributed by atoms with E-state index in [1.54, 1.807) is 17.3 Å². The Balaban J connectivity index is 0.00000132. The summed E-state index contributed by atoms with van der Waals surface area (Å²) in [6.45, 7) is 11.1. The van der Waals surface area contributed by atoms with Crippen molar-refractivity contribution in [3.8, 4) is 5.88 Å². The highest BCUT2D eigenvalue weighted by Crippen LogP contribution is 2.31. The minimum Gasteiger partial charge on any atom is -0.471 e. The second-order valence-corrected chi connectivity index (χ2v) is 7.35. The molecule has 0 fully saturated rings. The van der Waals surface area contributed by atoms with Crippen molar-refractivity contribution in [2.45, 2.75) is 47.6 Å². The summed E-state index contributed by atoms with van der Waals surface area (Å²) in [7, 11) is 0. The molecule has 1 aliphatic heterocycles. The van der Waals surface area contributed by atoms with Gasteiger partial charge in [0.15, 0.2) is 0 Å². The van der Waals surface area contributed by atoms with Gasteiger partial charge in [0.1, 0.15) is 6.61 Å². The number of benzene rings is 1. The van der Waals surface area contributed by atoms with Gasteiger partial charge in [-0.25, -0.2) is 9.78 Å². The largest absolute Gasteiger partial charge is 0.471 e. The maximum atomic E-state index is 12.8. The van der Waals surface area contributed by atoms with Gasteiger partial charge in [0, 0.05) is 24.0 Å². The summed E-state index contributed by atoms with van der Waals surface area (Å²) < 4.78 is 5.76. The third-order valence-corrected chi connectivity index (χ3v) is 5.20. The second kappa shape index (κ2) is 10.1. The molecular formula is C25H30N4O2. The van der Waals surface area contributed by atoms with E-state index in [1.807, 2.05) is 45.0 Å². The van der Waals surface area contributed by atoms with Gasteiger partial charge in [-0.2, -0.15) is 0 Å². The van der Waals surface area contributed by atoms with Crippen molar-refractivity contribution in [2.75, 3.05) is 16.8 Å². The molecule has 0 saturated carbocycles. The number of ether oxygens (including phenoxy) is 1. The molecule has 1 N–H and O–H groups in total. The van der Waals surface area contributed by atoms with Crippen molar-refractivity contribution in [1.82, 2.24) is 9.97 Å². The zero-order valence-electron chi connectivity index (χ0n) is 18.9. The maximum absolute atomic E-state index is 12.8. The van der Waals surface area contributed by atoms with Crippen LogP contribution < -0.4 is 15.0 Å². The van der Waals surface area contributed by atoms with Gasteiger partial charge in [-0.05, 0) is 68.1 Å². The third kappa shape index (κ3) is 5.20. The van der Waals surface area contributed by atoms with Gasteiger partial charge in [0.25, 0.3) is 0 Å². The monoisotopic (exact) mass is 418 g/mol. The molecule has 0 atom stereocenters. The smallest absolute Gasteiger partial charge is 0.326 e. The number of rotatable bonds is 4. The average Bonchev–Trinajstić information content (AvgIpc) is 3.18. The Morgan fingerprint density at radius 1 is 1.06 bits per heavy atom. The Morgan fingerprint density at radius 3 is 2.55 bits per heavy atom. The SMILES string of the molecule is CC.Cc1cc2c(cc1C)N(C(=O)Nc1cnc(OCc3ccccn3)c(C)c1)CC2. The molecule has 0 unspecified atom stereocenters. The van der Waals surface area contributed by atoms with Crippen LogP contribution in [0.3, 0.4) is 0 Å². The topological polar surface area (TPSA) is 67.4 Å². The standard InChI is InChI=1S/C23H24N4O2.C2H6/c1-15-10-18-7-9-27(21(18)12-16(15)2)23(28)26-20-11-17(3)22(25-13-20)29-14-19-6-4-5-8-24-19;1-2/h4-6,8,10-13H,7,9,14H2,1-3H3,(H,26,28);1-2H3. The van der Waals surface area contributed by atoms with E-state index >= 15 is 0 Å². The van der Waals surface area contributed by atoms with Gasteiger partial charge in [-0.1, -0.05) is 26.0 Å². The quantitative estimate of drug-likeness (QED) is 0.599. The molecule has 0 bridgehead atoms. The first kappa shape index (κ1) is 22.3. The number of pyridine rings is 2.